The molecule has 0 heterocycles. The molecule has 0 bridgehead atoms. The maximum atomic E-state index is 12.1. The Morgan fingerprint density at radius 1 is 1.00 bits per heavy atom. The van der Waals surface area contributed by atoms with Crippen LogP contribution in [0.3, 0.4) is 0 Å². The highest BCUT2D eigenvalue weighted by Crippen LogP contribution is 2.10. The van der Waals surface area contributed by atoms with Crippen molar-refractivity contribution < 1.29 is 14.3 Å². The number of amides is 1. The van der Waals surface area contributed by atoms with Gasteiger partial charge >= 0.3 is 0 Å². The molecule has 7 heteroatoms. The minimum Gasteiger partial charge on any atom is -0.497 e. The predicted octanol–water partition coefficient (Wildman–Crippen LogP) is 2.72. The average molecular weight is 427 g/mol. The van der Waals surface area contributed by atoms with E-state index in [1.54, 1.807) is 7.11 Å². The van der Waals surface area contributed by atoms with E-state index in [-0.39, 0.29) is 12.5 Å². The van der Waals surface area contributed by atoms with Gasteiger partial charge in [0, 0.05) is 19.6 Å². The van der Waals surface area contributed by atoms with Crippen LogP contribution in [0.4, 0.5) is 0 Å². The first-order valence-electron chi connectivity index (χ1n) is 10.6. The van der Waals surface area contributed by atoms with Gasteiger partial charge in [0.1, 0.15) is 12.3 Å². The molecule has 2 aromatic carbocycles. The number of methoxy groups -OCH3 is 1. The lowest BCUT2D eigenvalue weighted by Gasteiger charge is -2.16. The van der Waals surface area contributed by atoms with Crippen molar-refractivity contribution in [3.05, 3.63) is 65.7 Å². The van der Waals surface area contributed by atoms with Gasteiger partial charge in [0.25, 0.3) is 0 Å². The lowest BCUT2D eigenvalue weighted by molar-refractivity contribution is -0.119. The second-order valence-electron chi connectivity index (χ2n) is 7.31. The van der Waals surface area contributed by atoms with Crippen LogP contribution in [0.1, 0.15) is 25.0 Å². The number of rotatable bonds is 12. The van der Waals surface area contributed by atoms with E-state index >= 15 is 0 Å². The molecule has 2 aromatic rings. The third kappa shape index (κ3) is 10.00. The summed E-state index contributed by atoms with van der Waals surface area (Å²) in [5.74, 6) is 1.58. The van der Waals surface area contributed by atoms with E-state index in [0.29, 0.717) is 38.2 Å². The number of hydrogen-bond acceptors (Lipinski definition) is 4. The van der Waals surface area contributed by atoms with E-state index in [1.165, 1.54) is 5.56 Å². The molecule has 168 valence electrons. The molecular weight excluding hydrogens is 392 g/mol. The van der Waals surface area contributed by atoms with E-state index in [4.69, 9.17) is 9.47 Å². The molecule has 2 rings (SSSR count). The van der Waals surface area contributed by atoms with Gasteiger partial charge in [-0.3, -0.25) is 4.79 Å². The number of nitrogens with zero attached hydrogens (tertiary/aromatic N) is 1. The first-order valence-corrected chi connectivity index (χ1v) is 10.6. The Kier molecular flexibility index (Phi) is 11.0. The monoisotopic (exact) mass is 426 g/mol. The van der Waals surface area contributed by atoms with E-state index in [9.17, 15) is 4.79 Å². The summed E-state index contributed by atoms with van der Waals surface area (Å²) in [5, 5.41) is 9.32. The summed E-state index contributed by atoms with van der Waals surface area (Å²) in [6, 6.07) is 17.7. The van der Waals surface area contributed by atoms with Gasteiger partial charge in [0.05, 0.1) is 20.3 Å². The van der Waals surface area contributed by atoms with E-state index in [0.717, 1.165) is 17.9 Å². The van der Waals surface area contributed by atoms with Crippen LogP contribution in [-0.4, -0.2) is 45.2 Å². The molecule has 0 saturated carbocycles. The largest absolute Gasteiger partial charge is 0.497 e. The maximum Gasteiger partial charge on any atom is 0.242 e. The number of benzene rings is 2. The molecule has 0 spiro atoms. The van der Waals surface area contributed by atoms with Gasteiger partial charge in [0.2, 0.25) is 5.91 Å². The van der Waals surface area contributed by atoms with Gasteiger partial charge in [-0.15, -0.1) is 0 Å². The van der Waals surface area contributed by atoms with Crippen LogP contribution in [0.2, 0.25) is 0 Å². The second kappa shape index (κ2) is 14.0. The van der Waals surface area contributed by atoms with Crippen LogP contribution >= 0.6 is 0 Å². The number of guanidine groups is 1. The van der Waals surface area contributed by atoms with E-state index in [2.05, 4.69) is 40.0 Å². The van der Waals surface area contributed by atoms with Crippen molar-refractivity contribution in [1.82, 2.24) is 16.0 Å². The minimum absolute atomic E-state index is 0.0599. The van der Waals surface area contributed by atoms with Crippen molar-refractivity contribution in [1.29, 1.82) is 0 Å². The zero-order valence-electron chi connectivity index (χ0n) is 18.7. The normalized spacial score (nSPS) is 12.2. The summed E-state index contributed by atoms with van der Waals surface area (Å²) >= 11 is 0. The number of ether oxygens (including phenoxy) is 2. The smallest absolute Gasteiger partial charge is 0.242 e. The van der Waals surface area contributed by atoms with Crippen LogP contribution in [0.5, 0.6) is 5.75 Å². The Balaban J connectivity index is 1.69. The molecule has 3 N–H and O–H groups in total. The first kappa shape index (κ1) is 24.2. The van der Waals surface area contributed by atoms with Crippen LogP contribution in [-0.2, 0) is 22.7 Å². The van der Waals surface area contributed by atoms with Gasteiger partial charge in [-0.2, -0.15) is 0 Å². The highest BCUT2D eigenvalue weighted by Gasteiger charge is 2.06. The van der Waals surface area contributed by atoms with E-state index < -0.39 is 0 Å². The van der Waals surface area contributed by atoms with Crippen molar-refractivity contribution in [2.75, 3.05) is 33.4 Å². The Labute approximate surface area is 185 Å². The molecule has 0 saturated heterocycles. The van der Waals surface area contributed by atoms with Crippen LogP contribution < -0.4 is 20.7 Å². The molecule has 0 aliphatic carbocycles. The van der Waals surface area contributed by atoms with Gasteiger partial charge in [-0.05, 0) is 36.1 Å². The molecule has 0 fully saturated rings. The molecule has 0 aromatic heterocycles. The fraction of sp³-hybridized carbons (Fsp3) is 0.417. The predicted molar refractivity (Wildman–Crippen MR) is 124 cm³/mol. The molecular formula is C24H34N4O3. The fourth-order valence-corrected chi connectivity index (χ4v) is 2.77. The molecule has 7 nitrogen and oxygen atoms in total. The molecule has 1 unspecified atom stereocenters. The molecule has 0 radical (unpaired) electrons. The molecule has 0 aliphatic rings. The Morgan fingerprint density at radius 2 is 1.74 bits per heavy atom. The third-order valence-corrected chi connectivity index (χ3v) is 4.51. The van der Waals surface area contributed by atoms with Crippen molar-refractivity contribution in [2.45, 2.75) is 27.0 Å². The Hall–Kier alpha value is -3.06. The van der Waals surface area contributed by atoms with Crippen molar-refractivity contribution in [3.63, 3.8) is 0 Å². The lowest BCUT2D eigenvalue weighted by atomic mass is 10.2. The summed E-state index contributed by atoms with van der Waals surface area (Å²) in [6.45, 7) is 7.29. The van der Waals surface area contributed by atoms with Crippen molar-refractivity contribution in [3.8, 4) is 5.75 Å². The number of carbonyl (C=O) groups is 1. The second-order valence-corrected chi connectivity index (χ2v) is 7.31. The molecule has 0 aliphatic heterocycles. The Morgan fingerprint density at radius 3 is 2.42 bits per heavy atom. The molecule has 1 atom stereocenters. The zero-order valence-corrected chi connectivity index (χ0v) is 18.7. The lowest BCUT2D eigenvalue weighted by Crippen LogP contribution is -2.41. The number of carbonyl (C=O) groups excluding carboxylic acids is 1. The summed E-state index contributed by atoms with van der Waals surface area (Å²) in [4.78, 5) is 16.5. The average Bonchev–Trinajstić information content (AvgIpc) is 2.80. The SMILES string of the molecule is CCNC(=NCC(=O)NCc1ccc(OC)cc1)NCC(C)COCc1ccccc1. The van der Waals surface area contributed by atoms with Gasteiger partial charge in [-0.1, -0.05) is 49.4 Å². The summed E-state index contributed by atoms with van der Waals surface area (Å²) in [6.07, 6.45) is 0. The fourth-order valence-electron chi connectivity index (χ4n) is 2.77. The minimum atomic E-state index is -0.132. The topological polar surface area (TPSA) is 84.0 Å². The van der Waals surface area contributed by atoms with Crippen molar-refractivity contribution >= 4 is 11.9 Å². The zero-order chi connectivity index (χ0) is 22.3. The standard InChI is InChI=1S/C24H34N4O3/c1-4-25-24(27-14-19(2)17-31-18-21-8-6-5-7-9-21)28-16-23(29)26-15-20-10-12-22(30-3)13-11-20/h5-13,19H,4,14-18H2,1-3H3,(H,26,29)(H2,25,27,28). The maximum absolute atomic E-state index is 12.1. The van der Waals surface area contributed by atoms with Crippen LogP contribution in [0, 0.1) is 5.92 Å². The Bertz CT molecular complexity index is 794. The summed E-state index contributed by atoms with van der Waals surface area (Å²) in [7, 11) is 1.63. The van der Waals surface area contributed by atoms with Crippen molar-refractivity contribution in [2.24, 2.45) is 10.9 Å². The molecule has 31 heavy (non-hydrogen) atoms. The number of nitrogens with one attached hydrogen (secondary N) is 3. The third-order valence-electron chi connectivity index (χ3n) is 4.51. The van der Waals surface area contributed by atoms with Gasteiger partial charge in [0.15, 0.2) is 5.96 Å². The number of hydrogen-bond donors (Lipinski definition) is 3. The summed E-state index contributed by atoms with van der Waals surface area (Å²) in [5.41, 5.74) is 2.17. The quantitative estimate of drug-likeness (QED) is 0.359. The van der Waals surface area contributed by atoms with Crippen LogP contribution in [0.15, 0.2) is 59.6 Å². The highest BCUT2D eigenvalue weighted by molar-refractivity contribution is 5.84. The van der Waals surface area contributed by atoms with Crippen LogP contribution in [0.25, 0.3) is 0 Å². The number of aliphatic imine (C=N–C) groups is 1. The van der Waals surface area contributed by atoms with Gasteiger partial charge in [-0.25, -0.2) is 4.99 Å². The van der Waals surface area contributed by atoms with Gasteiger partial charge < -0.3 is 25.4 Å². The first-order chi connectivity index (χ1) is 15.1. The van der Waals surface area contributed by atoms with E-state index in [1.807, 2.05) is 49.4 Å². The highest BCUT2D eigenvalue weighted by atomic mass is 16.5. The molecule has 1 amide bonds. The summed E-state index contributed by atoms with van der Waals surface area (Å²) < 4.78 is 10.9.